The molecule has 0 amide bonds. The number of carboxylic acids is 1. The number of nitrogens with two attached hydrogens (primary N) is 1. The first-order valence-corrected chi connectivity index (χ1v) is 6.76. The van der Waals surface area contributed by atoms with E-state index in [1.165, 1.54) is 0 Å². The van der Waals surface area contributed by atoms with Crippen molar-refractivity contribution >= 4 is 16.9 Å². The summed E-state index contributed by atoms with van der Waals surface area (Å²) < 4.78 is 12.6. The number of carbonyl (C=O) groups is 1. The molecule has 0 spiro atoms. The van der Waals surface area contributed by atoms with E-state index in [4.69, 9.17) is 20.3 Å². The Morgan fingerprint density at radius 1 is 1.29 bits per heavy atom. The van der Waals surface area contributed by atoms with E-state index in [-0.39, 0.29) is 6.42 Å². The van der Waals surface area contributed by atoms with Gasteiger partial charge >= 0.3 is 5.97 Å². The van der Waals surface area contributed by atoms with Gasteiger partial charge in [0.15, 0.2) is 11.5 Å². The number of aryl methyl sites for hydroxylation is 1. The van der Waals surface area contributed by atoms with Crippen molar-refractivity contribution in [3.05, 3.63) is 23.9 Å². The van der Waals surface area contributed by atoms with Crippen LogP contribution < -0.4 is 15.2 Å². The molecular weight excluding hydrogens is 272 g/mol. The topological polar surface area (TPSA) is 86.7 Å². The molecule has 0 unspecified atom stereocenters. The van der Waals surface area contributed by atoms with Crippen molar-refractivity contribution in [3.63, 3.8) is 0 Å². The quantitative estimate of drug-likeness (QED) is 0.810. The van der Waals surface area contributed by atoms with Gasteiger partial charge in [0.2, 0.25) is 0 Å². The van der Waals surface area contributed by atoms with Crippen molar-refractivity contribution < 1.29 is 19.4 Å². The molecule has 0 aliphatic rings. The number of fused-ring (bicyclic) bond motifs is 1. The highest BCUT2D eigenvalue weighted by molar-refractivity contribution is 5.90. The molecule has 0 fully saturated rings. The molecule has 0 atom stereocenters. The first-order valence-electron chi connectivity index (χ1n) is 6.76. The highest BCUT2D eigenvalue weighted by atomic mass is 16.5. The van der Waals surface area contributed by atoms with E-state index in [0.717, 1.165) is 29.4 Å². The second-order valence-electron chi connectivity index (χ2n) is 4.78. The normalized spacial score (nSPS) is 10.8. The molecule has 21 heavy (non-hydrogen) atoms. The van der Waals surface area contributed by atoms with Gasteiger partial charge in [-0.3, -0.25) is 4.79 Å². The van der Waals surface area contributed by atoms with Crippen LogP contribution in [0.5, 0.6) is 11.5 Å². The van der Waals surface area contributed by atoms with E-state index in [9.17, 15) is 4.79 Å². The molecule has 3 N–H and O–H groups in total. The number of nitrogens with zero attached hydrogens (tertiary/aromatic N) is 1. The third kappa shape index (κ3) is 3.11. The van der Waals surface area contributed by atoms with E-state index in [1.54, 1.807) is 14.2 Å². The van der Waals surface area contributed by atoms with Crippen molar-refractivity contribution in [2.24, 2.45) is 5.73 Å². The van der Waals surface area contributed by atoms with Crippen LogP contribution in [-0.2, 0) is 17.8 Å². The number of carboxylic acid groups (broad SMARTS) is 1. The molecule has 0 aliphatic carbocycles. The third-order valence-corrected chi connectivity index (χ3v) is 3.41. The van der Waals surface area contributed by atoms with Crippen molar-refractivity contribution in [1.29, 1.82) is 0 Å². The van der Waals surface area contributed by atoms with Crippen molar-refractivity contribution in [2.75, 3.05) is 20.8 Å². The Morgan fingerprint density at radius 2 is 1.95 bits per heavy atom. The lowest BCUT2D eigenvalue weighted by Crippen LogP contribution is -2.05. The number of rotatable bonds is 7. The van der Waals surface area contributed by atoms with Crippen LogP contribution >= 0.6 is 0 Å². The minimum Gasteiger partial charge on any atom is -0.493 e. The van der Waals surface area contributed by atoms with Gasteiger partial charge in [-0.1, -0.05) is 0 Å². The Kier molecular flexibility index (Phi) is 4.70. The van der Waals surface area contributed by atoms with Crippen LogP contribution in [0.2, 0.25) is 0 Å². The molecule has 6 heteroatoms. The zero-order valence-corrected chi connectivity index (χ0v) is 12.3. The highest BCUT2D eigenvalue weighted by Gasteiger charge is 2.15. The largest absolute Gasteiger partial charge is 0.493 e. The van der Waals surface area contributed by atoms with Gasteiger partial charge in [-0.05, 0) is 24.6 Å². The van der Waals surface area contributed by atoms with E-state index in [1.807, 2.05) is 22.9 Å². The molecule has 1 aromatic heterocycles. The van der Waals surface area contributed by atoms with E-state index in [2.05, 4.69) is 0 Å². The zero-order valence-electron chi connectivity index (χ0n) is 12.3. The molecule has 1 aromatic carbocycles. The third-order valence-electron chi connectivity index (χ3n) is 3.41. The molecule has 0 saturated heterocycles. The Morgan fingerprint density at radius 3 is 2.52 bits per heavy atom. The number of aromatic nitrogens is 1. The molecule has 0 aliphatic heterocycles. The van der Waals surface area contributed by atoms with Crippen molar-refractivity contribution in [1.82, 2.24) is 4.57 Å². The Labute approximate surface area is 123 Å². The molecule has 0 saturated carbocycles. The maximum Gasteiger partial charge on any atom is 0.307 e. The maximum atomic E-state index is 11.0. The van der Waals surface area contributed by atoms with Crippen LogP contribution in [0.3, 0.4) is 0 Å². The monoisotopic (exact) mass is 292 g/mol. The number of ether oxygens (including phenoxy) is 2. The van der Waals surface area contributed by atoms with Crippen molar-refractivity contribution in [2.45, 2.75) is 19.4 Å². The molecular formula is C15H20N2O4. The second-order valence-corrected chi connectivity index (χ2v) is 4.78. The van der Waals surface area contributed by atoms with Crippen molar-refractivity contribution in [3.8, 4) is 11.5 Å². The number of methoxy groups -OCH3 is 2. The highest BCUT2D eigenvalue weighted by Crippen LogP contribution is 2.35. The van der Waals surface area contributed by atoms with Crippen LogP contribution in [0.25, 0.3) is 10.9 Å². The number of hydrogen-bond donors (Lipinski definition) is 2. The summed E-state index contributed by atoms with van der Waals surface area (Å²) >= 11 is 0. The first-order chi connectivity index (χ1) is 10.1. The summed E-state index contributed by atoms with van der Waals surface area (Å²) in [6.07, 6.45) is 2.67. The Bertz CT molecular complexity index is 649. The molecule has 0 bridgehead atoms. The first kappa shape index (κ1) is 15.2. The second kappa shape index (κ2) is 6.49. The maximum absolute atomic E-state index is 11.0. The average molecular weight is 292 g/mol. The smallest absolute Gasteiger partial charge is 0.307 e. The van der Waals surface area contributed by atoms with Gasteiger partial charge in [0.1, 0.15) is 0 Å². The van der Waals surface area contributed by atoms with Crippen LogP contribution in [0.4, 0.5) is 0 Å². The van der Waals surface area contributed by atoms with Gasteiger partial charge in [0.05, 0.1) is 26.2 Å². The zero-order chi connectivity index (χ0) is 15.4. The standard InChI is InChI=1S/C15H20N2O4/c1-20-13-7-11-10(6-15(18)19)9-17(5-3-4-16)12(11)8-14(13)21-2/h7-9H,3-6,16H2,1-2H3,(H,18,19). The fraction of sp³-hybridized carbons (Fsp3) is 0.400. The minimum atomic E-state index is -0.859. The lowest BCUT2D eigenvalue weighted by Gasteiger charge is -2.10. The molecule has 2 aromatic rings. The number of hydrogen-bond acceptors (Lipinski definition) is 4. The predicted molar refractivity (Wildman–Crippen MR) is 80.1 cm³/mol. The summed E-state index contributed by atoms with van der Waals surface area (Å²) in [5.74, 6) is 0.356. The molecule has 6 nitrogen and oxygen atoms in total. The van der Waals surface area contributed by atoms with E-state index in [0.29, 0.717) is 18.0 Å². The number of aliphatic carboxylic acids is 1. The molecule has 114 valence electrons. The lowest BCUT2D eigenvalue weighted by atomic mass is 10.1. The Hall–Kier alpha value is -2.21. The summed E-state index contributed by atoms with van der Waals surface area (Å²) in [6.45, 7) is 1.32. The summed E-state index contributed by atoms with van der Waals surface area (Å²) in [5, 5.41) is 9.92. The molecule has 2 rings (SSSR count). The predicted octanol–water partition coefficient (Wildman–Crippen LogP) is 1.63. The molecule has 0 radical (unpaired) electrons. The fourth-order valence-electron chi connectivity index (χ4n) is 2.44. The van der Waals surface area contributed by atoms with Crippen LogP contribution in [0.1, 0.15) is 12.0 Å². The van der Waals surface area contributed by atoms with Gasteiger partial charge in [-0.25, -0.2) is 0 Å². The van der Waals surface area contributed by atoms with Gasteiger partial charge in [-0.2, -0.15) is 0 Å². The SMILES string of the molecule is COc1cc2c(CC(=O)O)cn(CCCN)c2cc1OC. The summed E-state index contributed by atoms with van der Waals surface area (Å²) in [4.78, 5) is 11.0. The number of benzene rings is 1. The van der Waals surface area contributed by atoms with Gasteiger partial charge in [0, 0.05) is 24.2 Å². The van der Waals surface area contributed by atoms with Gasteiger partial charge < -0.3 is 24.9 Å². The van der Waals surface area contributed by atoms with E-state index >= 15 is 0 Å². The lowest BCUT2D eigenvalue weighted by molar-refractivity contribution is -0.136. The summed E-state index contributed by atoms with van der Waals surface area (Å²) in [6, 6.07) is 3.70. The van der Waals surface area contributed by atoms with Crippen LogP contribution in [0, 0.1) is 0 Å². The van der Waals surface area contributed by atoms with Crippen LogP contribution in [-0.4, -0.2) is 36.4 Å². The Balaban J connectivity index is 2.59. The van der Waals surface area contributed by atoms with Crippen LogP contribution in [0.15, 0.2) is 18.3 Å². The summed E-state index contributed by atoms with van der Waals surface area (Å²) in [5.41, 5.74) is 7.25. The fourth-order valence-corrected chi connectivity index (χ4v) is 2.44. The van der Waals surface area contributed by atoms with E-state index < -0.39 is 5.97 Å². The minimum absolute atomic E-state index is 0.0262. The van der Waals surface area contributed by atoms with Gasteiger partial charge in [-0.15, -0.1) is 0 Å². The average Bonchev–Trinajstić information content (AvgIpc) is 2.80. The molecule has 1 heterocycles. The summed E-state index contributed by atoms with van der Waals surface area (Å²) in [7, 11) is 3.14. The van der Waals surface area contributed by atoms with Gasteiger partial charge in [0.25, 0.3) is 0 Å².